The topological polar surface area (TPSA) is 78.9 Å². The van der Waals surface area contributed by atoms with E-state index in [0.717, 1.165) is 122 Å². The van der Waals surface area contributed by atoms with Crippen molar-refractivity contribution >= 4 is 17.9 Å². The van der Waals surface area contributed by atoms with E-state index in [1.54, 1.807) is 0 Å². The zero-order valence-electron chi connectivity index (χ0n) is 38.6. The maximum absolute atomic E-state index is 12.7. The lowest BCUT2D eigenvalue weighted by Gasteiger charge is -2.18. The van der Waals surface area contributed by atoms with Gasteiger partial charge < -0.3 is 14.2 Å². The van der Waals surface area contributed by atoms with Crippen LogP contribution in [0.5, 0.6) is 0 Å². The smallest absolute Gasteiger partial charge is 0.306 e. The predicted octanol–water partition coefficient (Wildman–Crippen LogP) is 15.5. The molecule has 6 nitrogen and oxygen atoms in total. The summed E-state index contributed by atoms with van der Waals surface area (Å²) in [7, 11) is 0. The molecule has 0 fully saturated rings. The average molecular weight is 841 g/mol. The summed E-state index contributed by atoms with van der Waals surface area (Å²) in [6, 6.07) is 0. The first-order valence-electron chi connectivity index (χ1n) is 23.7. The molecule has 1 unspecified atom stereocenters. The van der Waals surface area contributed by atoms with E-state index in [4.69, 9.17) is 14.2 Å². The van der Waals surface area contributed by atoms with Crippen LogP contribution in [0.4, 0.5) is 0 Å². The van der Waals surface area contributed by atoms with E-state index in [1.807, 2.05) is 0 Å². The first-order chi connectivity index (χ1) is 30.0. The number of hydrogen-bond donors (Lipinski definition) is 0. The minimum Gasteiger partial charge on any atom is -0.462 e. The molecular weight excluding hydrogens is 757 g/mol. The predicted molar refractivity (Wildman–Crippen MR) is 260 cm³/mol. The zero-order chi connectivity index (χ0) is 44.4. The van der Waals surface area contributed by atoms with Crippen molar-refractivity contribution in [2.24, 2.45) is 0 Å². The van der Waals surface area contributed by atoms with Gasteiger partial charge in [-0.1, -0.05) is 161 Å². The van der Waals surface area contributed by atoms with Crippen molar-refractivity contribution in [3.63, 3.8) is 0 Å². The maximum Gasteiger partial charge on any atom is 0.306 e. The Morgan fingerprint density at radius 3 is 0.918 bits per heavy atom. The molecule has 0 aliphatic rings. The maximum atomic E-state index is 12.7. The molecule has 0 radical (unpaired) electrons. The molecule has 0 aromatic rings. The van der Waals surface area contributed by atoms with Gasteiger partial charge in [0.1, 0.15) is 13.2 Å². The molecule has 0 heterocycles. The van der Waals surface area contributed by atoms with E-state index in [2.05, 4.69) is 154 Å². The number of carbonyl (C=O) groups is 3. The van der Waals surface area contributed by atoms with E-state index in [0.29, 0.717) is 19.3 Å². The van der Waals surface area contributed by atoms with E-state index >= 15 is 0 Å². The third-order valence-corrected chi connectivity index (χ3v) is 9.13. The van der Waals surface area contributed by atoms with Crippen molar-refractivity contribution in [1.82, 2.24) is 0 Å². The van der Waals surface area contributed by atoms with Crippen LogP contribution >= 0.6 is 0 Å². The van der Waals surface area contributed by atoms with Crippen molar-refractivity contribution in [3.05, 3.63) is 134 Å². The van der Waals surface area contributed by atoms with Gasteiger partial charge in [-0.2, -0.15) is 0 Å². The van der Waals surface area contributed by atoms with Gasteiger partial charge in [0.05, 0.1) is 0 Å². The van der Waals surface area contributed by atoms with Crippen LogP contribution in [0.2, 0.25) is 0 Å². The van der Waals surface area contributed by atoms with E-state index < -0.39 is 6.10 Å². The second-order valence-corrected chi connectivity index (χ2v) is 14.9. The van der Waals surface area contributed by atoms with Gasteiger partial charge in [-0.3, -0.25) is 14.4 Å². The molecule has 0 aromatic carbocycles. The fourth-order valence-corrected chi connectivity index (χ4v) is 5.67. The van der Waals surface area contributed by atoms with Gasteiger partial charge in [-0.15, -0.1) is 0 Å². The molecule has 0 bridgehead atoms. The number of allylic oxidation sites excluding steroid dienone is 22. The van der Waals surface area contributed by atoms with E-state index in [1.165, 1.54) is 0 Å². The molecule has 0 amide bonds. The largest absolute Gasteiger partial charge is 0.462 e. The highest BCUT2D eigenvalue weighted by Gasteiger charge is 2.19. The summed E-state index contributed by atoms with van der Waals surface area (Å²) >= 11 is 0. The van der Waals surface area contributed by atoms with Gasteiger partial charge in [-0.05, 0) is 128 Å². The summed E-state index contributed by atoms with van der Waals surface area (Å²) in [6.45, 7) is 6.16. The summed E-state index contributed by atoms with van der Waals surface area (Å²) in [6.07, 6.45) is 67.2. The fraction of sp³-hybridized carbons (Fsp3) is 0.545. The molecule has 0 rings (SSSR count). The number of carbonyl (C=O) groups excluding carboxylic acids is 3. The standard InChI is InChI=1S/C55H84O6/c1-4-7-10-13-16-19-22-25-27-30-33-36-39-42-45-48-54(57)60-51-52(50-59-53(56)47-44-41-38-35-32-29-24-21-18-15-12-9-6-3)61-55(58)49-46-43-40-37-34-31-28-26-23-20-17-14-11-8-5-2/h7-12,16-21,25-29,32-34,36-37,52H,4-6,13-15,22-24,30-31,35,38-51H2,1-3H3/b10-7-,11-8-,12-9-,19-16-,20-17-,21-18-,27-25-,28-26-,32-29-,36-33-,37-34-. The van der Waals surface area contributed by atoms with Crippen molar-refractivity contribution in [3.8, 4) is 0 Å². The molecule has 0 N–H and O–H groups in total. The van der Waals surface area contributed by atoms with Crippen molar-refractivity contribution < 1.29 is 28.6 Å². The van der Waals surface area contributed by atoms with Crippen LogP contribution in [-0.2, 0) is 28.6 Å². The third kappa shape index (κ3) is 46.5. The first-order valence-corrected chi connectivity index (χ1v) is 23.7. The van der Waals surface area contributed by atoms with Crippen molar-refractivity contribution in [1.29, 1.82) is 0 Å². The van der Waals surface area contributed by atoms with Crippen molar-refractivity contribution in [2.75, 3.05) is 13.2 Å². The Hall–Kier alpha value is -4.45. The lowest BCUT2D eigenvalue weighted by molar-refractivity contribution is -0.167. The Kier molecular flexibility index (Phi) is 44.7. The first kappa shape index (κ1) is 56.5. The van der Waals surface area contributed by atoms with E-state index in [-0.39, 0.29) is 44.0 Å². The number of unbranched alkanes of at least 4 members (excludes halogenated alkanes) is 7. The van der Waals surface area contributed by atoms with Gasteiger partial charge in [0.2, 0.25) is 0 Å². The number of hydrogen-bond acceptors (Lipinski definition) is 6. The summed E-state index contributed by atoms with van der Waals surface area (Å²) in [4.78, 5) is 37.8. The lowest BCUT2D eigenvalue weighted by atomic mass is 10.1. The number of esters is 3. The molecule has 61 heavy (non-hydrogen) atoms. The van der Waals surface area contributed by atoms with Gasteiger partial charge in [-0.25, -0.2) is 0 Å². The minimum atomic E-state index is -0.832. The van der Waals surface area contributed by atoms with Gasteiger partial charge in [0.25, 0.3) is 0 Å². The Bertz CT molecular complexity index is 1380. The van der Waals surface area contributed by atoms with Crippen LogP contribution in [-0.4, -0.2) is 37.2 Å². The number of ether oxygens (including phenoxy) is 3. The summed E-state index contributed by atoms with van der Waals surface area (Å²) in [5.41, 5.74) is 0. The molecule has 6 heteroatoms. The van der Waals surface area contributed by atoms with Crippen LogP contribution in [0.25, 0.3) is 0 Å². The monoisotopic (exact) mass is 841 g/mol. The Labute approximate surface area is 373 Å². The minimum absolute atomic E-state index is 0.129. The second kappa shape index (κ2) is 48.2. The lowest BCUT2D eigenvalue weighted by Crippen LogP contribution is -2.30. The summed E-state index contributed by atoms with van der Waals surface area (Å²) < 4.78 is 16.6. The normalized spacial score (nSPS) is 13.3. The van der Waals surface area contributed by atoms with E-state index in [9.17, 15) is 14.4 Å². The van der Waals surface area contributed by atoms with Crippen LogP contribution in [0.3, 0.4) is 0 Å². The Morgan fingerprint density at radius 1 is 0.328 bits per heavy atom. The van der Waals surface area contributed by atoms with Crippen LogP contribution in [0.15, 0.2) is 134 Å². The van der Waals surface area contributed by atoms with Gasteiger partial charge >= 0.3 is 17.9 Å². The number of rotatable bonds is 40. The van der Waals surface area contributed by atoms with Gasteiger partial charge in [0, 0.05) is 19.3 Å². The molecule has 1 atom stereocenters. The highest BCUT2D eigenvalue weighted by molar-refractivity contribution is 5.71. The second-order valence-electron chi connectivity index (χ2n) is 14.9. The quantitative estimate of drug-likeness (QED) is 0.0265. The summed E-state index contributed by atoms with van der Waals surface area (Å²) in [5.74, 6) is -1.05. The van der Waals surface area contributed by atoms with Crippen LogP contribution in [0, 0.1) is 0 Å². The highest BCUT2D eigenvalue weighted by Crippen LogP contribution is 2.10. The van der Waals surface area contributed by atoms with Crippen molar-refractivity contribution in [2.45, 2.75) is 181 Å². The van der Waals surface area contributed by atoms with Crippen LogP contribution < -0.4 is 0 Å². The fourth-order valence-electron chi connectivity index (χ4n) is 5.67. The summed E-state index contributed by atoms with van der Waals surface area (Å²) in [5, 5.41) is 0. The molecule has 340 valence electrons. The molecule has 0 aliphatic heterocycles. The van der Waals surface area contributed by atoms with Gasteiger partial charge in [0.15, 0.2) is 6.10 Å². The SMILES string of the molecule is CC/C=C\C/C=C\C/C=C\C/C=C\CCCCC(=O)OCC(COC(=O)CCCCC/C=C\C/C=C\C/C=C\CC)OC(=O)CCCC/C=C\C/C=C\C/C=C\C/C=C\CC. The average Bonchev–Trinajstić information content (AvgIpc) is 3.26. The molecule has 0 saturated heterocycles. The van der Waals surface area contributed by atoms with Crippen LogP contribution in [0.1, 0.15) is 175 Å². The molecular formula is C55H84O6. The zero-order valence-corrected chi connectivity index (χ0v) is 38.6. The molecule has 0 aliphatic carbocycles. The third-order valence-electron chi connectivity index (χ3n) is 9.13. The Balaban J connectivity index is 4.61. The molecule has 0 aromatic heterocycles. The molecule has 0 spiro atoms. The highest BCUT2D eigenvalue weighted by atomic mass is 16.6. The Morgan fingerprint density at radius 2 is 0.590 bits per heavy atom. The molecule has 0 saturated carbocycles.